The molecule has 110 valence electrons. The lowest BCUT2D eigenvalue weighted by Crippen LogP contribution is -2.14. The van der Waals surface area contributed by atoms with E-state index in [-0.39, 0.29) is 11.3 Å². The highest BCUT2D eigenvalue weighted by Crippen LogP contribution is 2.34. The number of carbonyl (C=O) groups excluding carboxylic acids is 1. The maximum Gasteiger partial charge on any atom is 0.416 e. The highest BCUT2D eigenvalue weighted by atomic mass is 19.4. The first-order valence-corrected chi connectivity index (χ1v) is 5.50. The Morgan fingerprint density at radius 1 is 1.35 bits per heavy atom. The largest absolute Gasteiger partial charge is 0.481 e. The van der Waals surface area contributed by atoms with Crippen LogP contribution >= 0.6 is 0 Å². The Morgan fingerprint density at radius 2 is 1.95 bits per heavy atom. The number of halogens is 3. The highest BCUT2D eigenvalue weighted by Gasteiger charge is 2.31. The van der Waals surface area contributed by atoms with Crippen LogP contribution in [0.3, 0.4) is 0 Å². The molecule has 0 saturated heterocycles. The molecule has 0 aliphatic rings. The summed E-state index contributed by atoms with van der Waals surface area (Å²) in [5.74, 6) is -1.95. The molecule has 20 heavy (non-hydrogen) atoms. The van der Waals surface area contributed by atoms with Crippen LogP contribution in [0.15, 0.2) is 18.2 Å². The van der Waals surface area contributed by atoms with Gasteiger partial charge in [-0.05, 0) is 12.1 Å². The number of hydrogen-bond donors (Lipinski definition) is 3. The molecule has 0 fully saturated rings. The van der Waals surface area contributed by atoms with E-state index in [1.165, 1.54) is 0 Å². The van der Waals surface area contributed by atoms with Crippen LogP contribution in [0.25, 0.3) is 0 Å². The molecular weight excluding hydrogens is 279 g/mol. The molecule has 5 nitrogen and oxygen atoms in total. The lowest BCUT2D eigenvalue weighted by Gasteiger charge is -2.17. The SMILES string of the molecule is CC(=O)Nc1cc(C(F)(F)F)ccc1C(O)CC(=O)O. The second-order valence-corrected chi connectivity index (χ2v) is 4.09. The number of rotatable bonds is 4. The molecule has 1 aromatic rings. The van der Waals surface area contributed by atoms with E-state index in [1.54, 1.807) is 0 Å². The fourth-order valence-corrected chi connectivity index (χ4v) is 1.60. The fraction of sp³-hybridized carbons (Fsp3) is 0.333. The number of anilines is 1. The van der Waals surface area contributed by atoms with Gasteiger partial charge in [0.25, 0.3) is 0 Å². The van der Waals surface area contributed by atoms with Crippen LogP contribution in [0.1, 0.15) is 30.6 Å². The van der Waals surface area contributed by atoms with Gasteiger partial charge in [-0.15, -0.1) is 0 Å². The zero-order chi connectivity index (χ0) is 15.5. The predicted octanol–water partition coefficient (Wildman–Crippen LogP) is 2.17. The molecule has 0 aliphatic heterocycles. The van der Waals surface area contributed by atoms with E-state index < -0.39 is 36.1 Å². The molecule has 0 heterocycles. The standard InChI is InChI=1S/C12H12F3NO4/c1-6(17)16-9-4-7(12(13,14)15)2-3-8(9)10(18)5-11(19)20/h2-4,10,18H,5H2,1H3,(H,16,17)(H,19,20). The molecule has 1 unspecified atom stereocenters. The number of carboxylic acids is 1. The van der Waals surface area contributed by atoms with Crippen molar-refractivity contribution in [2.45, 2.75) is 25.6 Å². The molecule has 0 aromatic heterocycles. The van der Waals surface area contributed by atoms with Gasteiger partial charge in [0, 0.05) is 18.2 Å². The second kappa shape index (κ2) is 5.91. The summed E-state index contributed by atoms with van der Waals surface area (Å²) in [4.78, 5) is 21.5. The monoisotopic (exact) mass is 291 g/mol. The van der Waals surface area contributed by atoms with Crippen LogP contribution < -0.4 is 5.32 Å². The normalized spacial score (nSPS) is 12.8. The first-order valence-electron chi connectivity index (χ1n) is 5.50. The first kappa shape index (κ1) is 16.0. The van der Waals surface area contributed by atoms with Gasteiger partial charge < -0.3 is 15.5 Å². The van der Waals surface area contributed by atoms with Gasteiger partial charge in [0.2, 0.25) is 5.91 Å². The molecule has 0 bridgehead atoms. The molecule has 1 rings (SSSR count). The summed E-state index contributed by atoms with van der Waals surface area (Å²) in [5, 5.41) is 20.4. The van der Waals surface area contributed by atoms with Crippen LogP contribution in [-0.4, -0.2) is 22.1 Å². The number of aliphatic hydroxyl groups is 1. The first-order chi connectivity index (χ1) is 9.11. The summed E-state index contributed by atoms with van der Waals surface area (Å²) in [6.07, 6.45) is -6.81. The van der Waals surface area contributed by atoms with Crippen LogP contribution in [0.5, 0.6) is 0 Å². The van der Waals surface area contributed by atoms with Gasteiger partial charge in [0.15, 0.2) is 0 Å². The Balaban J connectivity index is 3.22. The third kappa shape index (κ3) is 4.23. The Labute approximate surface area is 112 Å². The predicted molar refractivity (Wildman–Crippen MR) is 63.0 cm³/mol. The second-order valence-electron chi connectivity index (χ2n) is 4.09. The number of hydrogen-bond acceptors (Lipinski definition) is 3. The van der Waals surface area contributed by atoms with Crippen molar-refractivity contribution < 1.29 is 33.0 Å². The zero-order valence-corrected chi connectivity index (χ0v) is 10.4. The molecule has 0 radical (unpaired) electrons. The molecular formula is C12H12F3NO4. The van der Waals surface area contributed by atoms with Crippen molar-refractivity contribution in [3.63, 3.8) is 0 Å². The van der Waals surface area contributed by atoms with Crippen LogP contribution in [0, 0.1) is 0 Å². The molecule has 0 saturated carbocycles. The lowest BCUT2D eigenvalue weighted by atomic mass is 10.0. The Kier molecular flexibility index (Phi) is 4.72. The maximum atomic E-state index is 12.6. The van der Waals surface area contributed by atoms with Crippen molar-refractivity contribution in [3.05, 3.63) is 29.3 Å². The van der Waals surface area contributed by atoms with Crippen molar-refractivity contribution >= 4 is 17.6 Å². The fourth-order valence-electron chi connectivity index (χ4n) is 1.60. The number of carbonyl (C=O) groups is 2. The van der Waals surface area contributed by atoms with Crippen molar-refractivity contribution in [1.82, 2.24) is 0 Å². The summed E-state index contributed by atoms with van der Waals surface area (Å²) in [6, 6.07) is 2.31. The van der Waals surface area contributed by atoms with Crippen LogP contribution in [0.4, 0.5) is 18.9 Å². The molecule has 0 spiro atoms. The van der Waals surface area contributed by atoms with Gasteiger partial charge in [0.1, 0.15) is 0 Å². The number of aliphatic hydroxyl groups excluding tert-OH is 1. The van der Waals surface area contributed by atoms with E-state index in [0.717, 1.165) is 13.0 Å². The van der Waals surface area contributed by atoms with E-state index in [9.17, 15) is 27.9 Å². The average molecular weight is 291 g/mol. The van der Waals surface area contributed by atoms with Crippen molar-refractivity contribution in [3.8, 4) is 0 Å². The van der Waals surface area contributed by atoms with Crippen molar-refractivity contribution in [2.75, 3.05) is 5.32 Å². The van der Waals surface area contributed by atoms with Gasteiger partial charge in [-0.3, -0.25) is 9.59 Å². The highest BCUT2D eigenvalue weighted by molar-refractivity contribution is 5.90. The van der Waals surface area contributed by atoms with E-state index >= 15 is 0 Å². The number of amides is 1. The van der Waals surface area contributed by atoms with Gasteiger partial charge in [0.05, 0.1) is 18.1 Å². The minimum absolute atomic E-state index is 0.0874. The summed E-state index contributed by atoms with van der Waals surface area (Å²) in [6.45, 7) is 1.09. The molecule has 3 N–H and O–H groups in total. The number of alkyl halides is 3. The molecule has 1 amide bonds. The molecule has 0 aliphatic carbocycles. The van der Waals surface area contributed by atoms with Crippen LogP contribution in [0.2, 0.25) is 0 Å². The van der Waals surface area contributed by atoms with Crippen molar-refractivity contribution in [1.29, 1.82) is 0 Å². The van der Waals surface area contributed by atoms with E-state index in [0.29, 0.717) is 12.1 Å². The molecule has 1 aromatic carbocycles. The topological polar surface area (TPSA) is 86.6 Å². The molecule has 1 atom stereocenters. The van der Waals surface area contributed by atoms with E-state index in [1.807, 2.05) is 0 Å². The summed E-state index contributed by atoms with van der Waals surface area (Å²) >= 11 is 0. The van der Waals surface area contributed by atoms with Crippen molar-refractivity contribution in [2.24, 2.45) is 0 Å². The number of carboxylic acid groups (broad SMARTS) is 1. The maximum absolute atomic E-state index is 12.6. The minimum atomic E-state index is -4.61. The van der Waals surface area contributed by atoms with Gasteiger partial charge in [-0.1, -0.05) is 6.07 Å². The Hall–Kier alpha value is -2.09. The third-order valence-corrected chi connectivity index (χ3v) is 2.42. The van der Waals surface area contributed by atoms with E-state index in [2.05, 4.69) is 5.32 Å². The summed E-state index contributed by atoms with van der Waals surface area (Å²) in [5.41, 5.74) is -1.36. The Bertz CT molecular complexity index is 528. The van der Waals surface area contributed by atoms with Gasteiger partial charge >= 0.3 is 12.1 Å². The van der Waals surface area contributed by atoms with Gasteiger partial charge in [-0.2, -0.15) is 13.2 Å². The number of benzene rings is 1. The number of aliphatic carboxylic acids is 1. The lowest BCUT2D eigenvalue weighted by molar-refractivity contribution is -0.139. The smallest absolute Gasteiger partial charge is 0.416 e. The zero-order valence-electron chi connectivity index (χ0n) is 10.4. The van der Waals surface area contributed by atoms with E-state index in [4.69, 9.17) is 5.11 Å². The summed E-state index contributed by atoms with van der Waals surface area (Å²) < 4.78 is 37.7. The Morgan fingerprint density at radius 3 is 2.40 bits per heavy atom. The molecule has 8 heteroatoms. The summed E-state index contributed by atoms with van der Waals surface area (Å²) in [7, 11) is 0. The average Bonchev–Trinajstić information content (AvgIpc) is 2.25. The third-order valence-electron chi connectivity index (χ3n) is 2.42. The number of nitrogens with one attached hydrogen (secondary N) is 1. The van der Waals surface area contributed by atoms with Gasteiger partial charge in [-0.25, -0.2) is 0 Å². The minimum Gasteiger partial charge on any atom is -0.481 e. The quantitative estimate of drug-likeness (QED) is 0.793. The van der Waals surface area contributed by atoms with Crippen LogP contribution in [-0.2, 0) is 15.8 Å².